The van der Waals surface area contributed by atoms with E-state index in [1.165, 1.54) is 0 Å². The van der Waals surface area contributed by atoms with Crippen molar-refractivity contribution in [2.75, 3.05) is 4.90 Å². The molecular weight excluding hydrogens is 308 g/mol. The lowest BCUT2D eigenvalue weighted by atomic mass is 10.0. The molecule has 2 aromatic rings. The molecule has 1 heterocycles. The van der Waals surface area contributed by atoms with E-state index in [1.807, 2.05) is 60.7 Å². The molecule has 5 nitrogen and oxygen atoms in total. The maximum Gasteiger partial charge on any atom is 0.233 e. The van der Waals surface area contributed by atoms with Crippen LogP contribution in [0.15, 0.2) is 65.8 Å². The van der Waals surface area contributed by atoms with Crippen LogP contribution in [0.25, 0.3) is 0 Å². The SMILES string of the molecule is NC(=S)N/N=C1/CC(=O)N(c2ccccc2)[C@H]1c1ccccc1. The summed E-state index contributed by atoms with van der Waals surface area (Å²) in [6.45, 7) is 0. The van der Waals surface area contributed by atoms with Gasteiger partial charge in [-0.15, -0.1) is 0 Å². The Kier molecular flexibility index (Phi) is 4.34. The lowest BCUT2D eigenvalue weighted by molar-refractivity contribution is -0.116. The number of nitrogens with two attached hydrogens (primary N) is 1. The minimum atomic E-state index is -0.270. The Bertz CT molecular complexity index is 746. The van der Waals surface area contributed by atoms with E-state index in [0.717, 1.165) is 11.3 Å². The molecule has 1 saturated heterocycles. The van der Waals surface area contributed by atoms with Gasteiger partial charge in [0, 0.05) is 5.69 Å². The fourth-order valence-electron chi connectivity index (χ4n) is 2.72. The zero-order valence-corrected chi connectivity index (χ0v) is 13.2. The van der Waals surface area contributed by atoms with Crippen LogP contribution in [0.1, 0.15) is 18.0 Å². The summed E-state index contributed by atoms with van der Waals surface area (Å²) in [4.78, 5) is 14.3. The summed E-state index contributed by atoms with van der Waals surface area (Å²) in [5, 5.41) is 4.32. The molecule has 23 heavy (non-hydrogen) atoms. The van der Waals surface area contributed by atoms with Gasteiger partial charge in [-0.1, -0.05) is 48.5 Å². The van der Waals surface area contributed by atoms with Crippen LogP contribution in [-0.2, 0) is 4.79 Å². The van der Waals surface area contributed by atoms with Gasteiger partial charge in [0.2, 0.25) is 5.91 Å². The van der Waals surface area contributed by atoms with Crippen molar-refractivity contribution in [1.82, 2.24) is 5.43 Å². The summed E-state index contributed by atoms with van der Waals surface area (Å²) < 4.78 is 0. The van der Waals surface area contributed by atoms with E-state index in [1.54, 1.807) is 4.90 Å². The molecule has 1 aliphatic rings. The van der Waals surface area contributed by atoms with E-state index in [2.05, 4.69) is 10.5 Å². The fraction of sp³-hybridized carbons (Fsp3) is 0.118. The Hall–Kier alpha value is -2.73. The van der Waals surface area contributed by atoms with E-state index in [4.69, 9.17) is 18.0 Å². The Morgan fingerprint density at radius 2 is 1.74 bits per heavy atom. The van der Waals surface area contributed by atoms with E-state index < -0.39 is 0 Å². The smallest absolute Gasteiger partial charge is 0.233 e. The van der Waals surface area contributed by atoms with Gasteiger partial charge in [0.1, 0.15) is 6.04 Å². The van der Waals surface area contributed by atoms with Crippen molar-refractivity contribution in [1.29, 1.82) is 0 Å². The molecule has 1 fully saturated rings. The van der Waals surface area contributed by atoms with Crippen molar-refractivity contribution in [3.8, 4) is 0 Å². The maximum atomic E-state index is 12.6. The summed E-state index contributed by atoms with van der Waals surface area (Å²) in [5.41, 5.74) is 10.6. The largest absolute Gasteiger partial charge is 0.375 e. The number of carbonyl (C=O) groups is 1. The first kappa shape index (κ1) is 15.2. The second-order valence-electron chi connectivity index (χ2n) is 5.17. The van der Waals surface area contributed by atoms with E-state index in [9.17, 15) is 4.79 Å². The quantitative estimate of drug-likeness (QED) is 0.672. The Morgan fingerprint density at radius 3 is 2.35 bits per heavy atom. The van der Waals surface area contributed by atoms with Crippen LogP contribution in [0.4, 0.5) is 5.69 Å². The fourth-order valence-corrected chi connectivity index (χ4v) is 2.76. The molecule has 0 unspecified atom stereocenters. The number of nitrogens with one attached hydrogen (secondary N) is 1. The molecule has 0 aromatic heterocycles. The van der Waals surface area contributed by atoms with Crippen LogP contribution >= 0.6 is 12.2 Å². The van der Waals surface area contributed by atoms with Crippen LogP contribution in [0, 0.1) is 0 Å². The molecule has 1 amide bonds. The molecule has 0 spiro atoms. The Balaban J connectivity index is 2.05. The molecular formula is C17H16N4OS. The number of nitrogens with zero attached hydrogens (tertiary/aromatic N) is 2. The predicted octanol–water partition coefficient (Wildman–Crippen LogP) is 2.35. The van der Waals surface area contributed by atoms with Gasteiger partial charge < -0.3 is 5.73 Å². The highest BCUT2D eigenvalue weighted by atomic mass is 32.1. The highest BCUT2D eigenvalue weighted by Crippen LogP contribution is 2.35. The van der Waals surface area contributed by atoms with Crippen LogP contribution in [0.5, 0.6) is 0 Å². The summed E-state index contributed by atoms with van der Waals surface area (Å²) in [6, 6.07) is 19.1. The number of para-hydroxylation sites is 1. The number of hydrogen-bond acceptors (Lipinski definition) is 3. The zero-order chi connectivity index (χ0) is 16.2. The van der Waals surface area contributed by atoms with E-state index >= 15 is 0 Å². The lowest BCUT2D eigenvalue weighted by Gasteiger charge is -2.25. The molecule has 0 bridgehead atoms. The third-order valence-corrected chi connectivity index (χ3v) is 3.73. The number of hydrazone groups is 1. The van der Waals surface area contributed by atoms with Crippen molar-refractivity contribution in [3.63, 3.8) is 0 Å². The number of benzene rings is 2. The minimum Gasteiger partial charge on any atom is -0.375 e. The lowest BCUT2D eigenvalue weighted by Crippen LogP contribution is -2.30. The summed E-state index contributed by atoms with van der Waals surface area (Å²) in [6.07, 6.45) is 0.226. The number of hydrogen-bond donors (Lipinski definition) is 2. The first-order chi connectivity index (χ1) is 11.2. The number of amides is 1. The van der Waals surface area contributed by atoms with Crippen LogP contribution in [0.3, 0.4) is 0 Å². The first-order valence-corrected chi connectivity index (χ1v) is 7.61. The maximum absolute atomic E-state index is 12.6. The standard InChI is InChI=1S/C17H16N4OS/c18-17(23)20-19-14-11-15(22)21(13-9-5-2-6-10-13)16(14)12-7-3-1-4-8-12/h1-10,16H,11H2,(H3,18,20,23)/b19-14-/t16-/m0/s1. The van der Waals surface area contributed by atoms with Gasteiger partial charge in [0.25, 0.3) is 0 Å². The molecule has 0 aliphatic carbocycles. The van der Waals surface area contributed by atoms with Crippen molar-refractivity contribution in [3.05, 3.63) is 66.2 Å². The van der Waals surface area contributed by atoms with Crippen molar-refractivity contribution in [2.24, 2.45) is 10.8 Å². The van der Waals surface area contributed by atoms with Crippen LogP contribution < -0.4 is 16.1 Å². The highest BCUT2D eigenvalue weighted by molar-refractivity contribution is 7.80. The van der Waals surface area contributed by atoms with Crippen molar-refractivity contribution < 1.29 is 4.79 Å². The third kappa shape index (κ3) is 3.22. The van der Waals surface area contributed by atoms with Crippen LogP contribution in [-0.4, -0.2) is 16.7 Å². The first-order valence-electron chi connectivity index (χ1n) is 7.21. The average Bonchev–Trinajstić information content (AvgIpc) is 2.91. The molecule has 0 radical (unpaired) electrons. The minimum absolute atomic E-state index is 0.00598. The summed E-state index contributed by atoms with van der Waals surface area (Å²) in [7, 11) is 0. The van der Waals surface area contributed by atoms with Gasteiger partial charge in [-0.25, -0.2) is 0 Å². The zero-order valence-electron chi connectivity index (χ0n) is 12.3. The molecule has 6 heteroatoms. The molecule has 116 valence electrons. The number of carbonyl (C=O) groups excluding carboxylic acids is 1. The molecule has 3 N–H and O–H groups in total. The van der Waals surface area contributed by atoms with Gasteiger partial charge in [-0.3, -0.25) is 15.1 Å². The normalized spacial score (nSPS) is 19.1. The van der Waals surface area contributed by atoms with Gasteiger partial charge in [-0.2, -0.15) is 5.10 Å². The number of rotatable bonds is 3. The second-order valence-corrected chi connectivity index (χ2v) is 5.61. The van der Waals surface area contributed by atoms with Crippen molar-refractivity contribution in [2.45, 2.75) is 12.5 Å². The molecule has 1 atom stereocenters. The topological polar surface area (TPSA) is 70.7 Å². The summed E-state index contributed by atoms with van der Waals surface area (Å²) >= 11 is 4.80. The van der Waals surface area contributed by atoms with Gasteiger partial charge in [-0.05, 0) is 29.9 Å². The van der Waals surface area contributed by atoms with Gasteiger partial charge >= 0.3 is 0 Å². The third-order valence-electron chi connectivity index (χ3n) is 3.63. The van der Waals surface area contributed by atoms with E-state index in [0.29, 0.717) is 5.71 Å². The summed E-state index contributed by atoms with van der Waals surface area (Å²) in [5.74, 6) is -0.00598. The Morgan fingerprint density at radius 1 is 1.13 bits per heavy atom. The number of thiocarbonyl (C=S) groups is 1. The number of anilines is 1. The average molecular weight is 324 g/mol. The Labute approximate surface area is 139 Å². The highest BCUT2D eigenvalue weighted by Gasteiger charge is 2.38. The molecule has 2 aromatic carbocycles. The monoisotopic (exact) mass is 324 g/mol. The molecule has 0 saturated carbocycles. The predicted molar refractivity (Wildman–Crippen MR) is 95.1 cm³/mol. The van der Waals surface area contributed by atoms with E-state index in [-0.39, 0.29) is 23.5 Å². The second kappa shape index (κ2) is 6.58. The molecule has 3 rings (SSSR count). The molecule has 1 aliphatic heterocycles. The van der Waals surface area contributed by atoms with Crippen LogP contribution in [0.2, 0.25) is 0 Å². The van der Waals surface area contributed by atoms with Crippen molar-refractivity contribution >= 4 is 34.6 Å². The van der Waals surface area contributed by atoms with Gasteiger partial charge in [0.15, 0.2) is 5.11 Å². The van der Waals surface area contributed by atoms with Gasteiger partial charge in [0.05, 0.1) is 12.1 Å².